The van der Waals surface area contributed by atoms with E-state index in [0.29, 0.717) is 5.56 Å². The number of aryl methyl sites for hydroxylation is 2. The Bertz CT molecular complexity index is 783. The Morgan fingerprint density at radius 3 is 2.62 bits per heavy atom. The van der Waals surface area contributed by atoms with E-state index in [2.05, 4.69) is 4.98 Å². The van der Waals surface area contributed by atoms with Crippen LogP contribution in [0.15, 0.2) is 48.7 Å². The lowest BCUT2D eigenvalue weighted by molar-refractivity contribution is 0.596. The lowest BCUT2D eigenvalue weighted by Gasteiger charge is -2.18. The summed E-state index contributed by atoms with van der Waals surface area (Å²) in [7, 11) is 0. The number of nitrogens with zero attached hydrogens (tertiary/aromatic N) is 1. The van der Waals surface area contributed by atoms with Crippen molar-refractivity contribution in [3.05, 3.63) is 76.7 Å². The molecule has 0 bridgehead atoms. The Morgan fingerprint density at radius 1 is 1.10 bits per heavy atom. The first-order chi connectivity index (χ1) is 10.1. The molecule has 2 N–H and O–H groups in total. The third-order valence-corrected chi connectivity index (χ3v) is 3.79. The van der Waals surface area contributed by atoms with Crippen LogP contribution in [0.2, 0.25) is 0 Å². The average Bonchev–Trinajstić information content (AvgIpc) is 2.45. The minimum Gasteiger partial charge on any atom is -0.320 e. The maximum absolute atomic E-state index is 14.3. The number of para-hydroxylation sites is 1. The Labute approximate surface area is 123 Å². The van der Waals surface area contributed by atoms with E-state index < -0.39 is 6.04 Å². The van der Waals surface area contributed by atoms with Gasteiger partial charge in [-0.2, -0.15) is 0 Å². The second-order valence-corrected chi connectivity index (χ2v) is 5.38. The lowest BCUT2D eigenvalue weighted by atomic mass is 9.92. The van der Waals surface area contributed by atoms with Crippen LogP contribution in [-0.2, 0) is 0 Å². The molecule has 0 aliphatic rings. The number of halogens is 1. The van der Waals surface area contributed by atoms with Crippen LogP contribution in [-0.4, -0.2) is 4.98 Å². The monoisotopic (exact) mass is 280 g/mol. The Hall–Kier alpha value is -2.26. The molecule has 0 amide bonds. The van der Waals surface area contributed by atoms with Crippen molar-refractivity contribution in [2.45, 2.75) is 19.9 Å². The van der Waals surface area contributed by atoms with Crippen LogP contribution >= 0.6 is 0 Å². The maximum Gasteiger partial charge on any atom is 0.128 e. The Balaban J connectivity index is 2.20. The molecule has 0 saturated carbocycles. The molecule has 1 aromatic heterocycles. The highest BCUT2D eigenvalue weighted by molar-refractivity contribution is 5.82. The number of fused-ring (bicyclic) bond motifs is 1. The second-order valence-electron chi connectivity index (χ2n) is 5.38. The molecule has 1 atom stereocenters. The van der Waals surface area contributed by atoms with Crippen LogP contribution in [0.3, 0.4) is 0 Å². The Morgan fingerprint density at radius 2 is 1.86 bits per heavy atom. The summed E-state index contributed by atoms with van der Waals surface area (Å²) in [6, 6.07) is 12.7. The molecule has 3 aromatic rings. The molecule has 2 nitrogen and oxygen atoms in total. The van der Waals surface area contributed by atoms with E-state index in [9.17, 15) is 4.39 Å². The van der Waals surface area contributed by atoms with Crippen molar-refractivity contribution < 1.29 is 4.39 Å². The van der Waals surface area contributed by atoms with E-state index in [4.69, 9.17) is 5.73 Å². The molecule has 0 aliphatic carbocycles. The smallest absolute Gasteiger partial charge is 0.128 e. The molecule has 3 rings (SSSR count). The van der Waals surface area contributed by atoms with Gasteiger partial charge in [0.15, 0.2) is 0 Å². The van der Waals surface area contributed by atoms with Crippen LogP contribution in [0.5, 0.6) is 0 Å². The van der Waals surface area contributed by atoms with Crippen molar-refractivity contribution in [2.24, 2.45) is 5.73 Å². The van der Waals surface area contributed by atoms with Crippen molar-refractivity contribution >= 4 is 10.9 Å². The van der Waals surface area contributed by atoms with Crippen LogP contribution in [0.1, 0.15) is 28.3 Å². The molecule has 0 saturated heterocycles. The number of hydrogen-bond acceptors (Lipinski definition) is 2. The molecule has 3 heteroatoms. The van der Waals surface area contributed by atoms with Gasteiger partial charge in [0.25, 0.3) is 0 Å². The van der Waals surface area contributed by atoms with Crippen molar-refractivity contribution in [3.8, 4) is 0 Å². The van der Waals surface area contributed by atoms with Crippen LogP contribution in [0.25, 0.3) is 10.9 Å². The Kier molecular flexibility index (Phi) is 3.43. The first-order valence-electron chi connectivity index (χ1n) is 6.94. The quantitative estimate of drug-likeness (QED) is 0.769. The number of rotatable bonds is 2. The first-order valence-corrected chi connectivity index (χ1v) is 6.94. The molecule has 0 aliphatic heterocycles. The van der Waals surface area contributed by atoms with Gasteiger partial charge in [-0.25, -0.2) is 4.39 Å². The number of aromatic nitrogens is 1. The number of hydrogen-bond donors (Lipinski definition) is 1. The van der Waals surface area contributed by atoms with Gasteiger partial charge in [0.2, 0.25) is 0 Å². The molecule has 2 aromatic carbocycles. The van der Waals surface area contributed by atoms with Crippen LogP contribution in [0, 0.1) is 19.7 Å². The summed E-state index contributed by atoms with van der Waals surface area (Å²) < 4.78 is 14.3. The van der Waals surface area contributed by atoms with E-state index in [0.717, 1.165) is 27.6 Å². The van der Waals surface area contributed by atoms with Crippen LogP contribution < -0.4 is 5.73 Å². The molecule has 1 unspecified atom stereocenters. The van der Waals surface area contributed by atoms with Gasteiger partial charge in [-0.1, -0.05) is 30.3 Å². The zero-order chi connectivity index (χ0) is 15.0. The lowest BCUT2D eigenvalue weighted by Crippen LogP contribution is -2.16. The van der Waals surface area contributed by atoms with Crippen molar-refractivity contribution in [1.82, 2.24) is 4.98 Å². The zero-order valence-electron chi connectivity index (χ0n) is 12.1. The second kappa shape index (κ2) is 5.26. The fraction of sp³-hybridized carbons (Fsp3) is 0.167. The summed E-state index contributed by atoms with van der Waals surface area (Å²) in [4.78, 5) is 4.40. The van der Waals surface area contributed by atoms with Crippen LogP contribution in [0.4, 0.5) is 4.39 Å². The van der Waals surface area contributed by atoms with E-state index in [1.54, 1.807) is 6.20 Å². The standard InChI is InChI=1S/C18H17FN2/c1-11-9-12(2)16(15(19)10-11)17(20)14-7-3-5-13-6-4-8-21-18(13)14/h3-10,17H,20H2,1-2H3. The summed E-state index contributed by atoms with van der Waals surface area (Å²) >= 11 is 0. The number of nitrogens with two attached hydrogens (primary N) is 1. The van der Waals surface area contributed by atoms with Gasteiger partial charge in [0.1, 0.15) is 5.82 Å². The van der Waals surface area contributed by atoms with E-state index in [1.807, 2.05) is 50.2 Å². The third kappa shape index (κ3) is 2.41. The van der Waals surface area contributed by atoms with Gasteiger partial charge < -0.3 is 5.73 Å². The molecule has 0 fully saturated rings. The normalized spacial score (nSPS) is 12.6. The summed E-state index contributed by atoms with van der Waals surface area (Å²) in [6.07, 6.45) is 1.73. The summed E-state index contributed by atoms with van der Waals surface area (Å²) in [5.74, 6) is -0.257. The van der Waals surface area contributed by atoms with Crippen molar-refractivity contribution in [2.75, 3.05) is 0 Å². The zero-order valence-corrected chi connectivity index (χ0v) is 12.1. The minimum atomic E-state index is -0.524. The van der Waals surface area contributed by atoms with Gasteiger partial charge in [0, 0.05) is 17.1 Å². The molecule has 21 heavy (non-hydrogen) atoms. The SMILES string of the molecule is Cc1cc(C)c(C(N)c2cccc3cccnc23)c(F)c1. The highest BCUT2D eigenvalue weighted by Gasteiger charge is 2.19. The van der Waals surface area contributed by atoms with Crippen molar-refractivity contribution in [3.63, 3.8) is 0 Å². The highest BCUT2D eigenvalue weighted by Crippen LogP contribution is 2.30. The summed E-state index contributed by atoms with van der Waals surface area (Å²) in [5, 5.41) is 1.01. The molecular formula is C18H17FN2. The topological polar surface area (TPSA) is 38.9 Å². The minimum absolute atomic E-state index is 0.257. The van der Waals surface area contributed by atoms with Gasteiger partial charge in [-0.3, -0.25) is 4.98 Å². The van der Waals surface area contributed by atoms with E-state index >= 15 is 0 Å². The van der Waals surface area contributed by atoms with E-state index in [-0.39, 0.29) is 5.82 Å². The van der Waals surface area contributed by atoms with Gasteiger partial charge in [0.05, 0.1) is 11.6 Å². The fourth-order valence-corrected chi connectivity index (χ4v) is 2.86. The fourth-order valence-electron chi connectivity index (χ4n) is 2.86. The predicted molar refractivity (Wildman–Crippen MR) is 83.6 cm³/mol. The average molecular weight is 280 g/mol. The molecule has 0 spiro atoms. The largest absolute Gasteiger partial charge is 0.320 e. The highest BCUT2D eigenvalue weighted by atomic mass is 19.1. The summed E-state index contributed by atoms with van der Waals surface area (Å²) in [5.41, 5.74) is 10.3. The van der Waals surface area contributed by atoms with Crippen molar-refractivity contribution in [1.29, 1.82) is 0 Å². The number of pyridine rings is 1. The molecule has 1 heterocycles. The maximum atomic E-state index is 14.3. The predicted octanol–water partition coefficient (Wildman–Crippen LogP) is 4.04. The molecule has 106 valence electrons. The van der Waals surface area contributed by atoms with Gasteiger partial charge >= 0.3 is 0 Å². The molecule has 0 radical (unpaired) electrons. The molecular weight excluding hydrogens is 263 g/mol. The first kappa shape index (κ1) is 13.7. The number of benzene rings is 2. The summed E-state index contributed by atoms with van der Waals surface area (Å²) in [6.45, 7) is 3.77. The third-order valence-electron chi connectivity index (χ3n) is 3.79. The van der Waals surface area contributed by atoms with E-state index in [1.165, 1.54) is 6.07 Å². The van der Waals surface area contributed by atoms with Gasteiger partial charge in [-0.15, -0.1) is 0 Å². The van der Waals surface area contributed by atoms with Gasteiger partial charge in [-0.05, 0) is 42.7 Å².